The molecule has 0 saturated heterocycles. The van der Waals surface area contributed by atoms with E-state index in [1.54, 1.807) is 32.3 Å². The molecule has 3 aromatic rings. The second-order valence-electron chi connectivity index (χ2n) is 8.06. The summed E-state index contributed by atoms with van der Waals surface area (Å²) in [5.74, 6) is 2.40. The molecule has 0 aliphatic carbocycles. The smallest absolute Gasteiger partial charge is 0.409 e. The molecule has 1 heterocycles. The number of nitrogens with zero attached hydrogens (tertiary/aromatic N) is 5. The quantitative estimate of drug-likeness (QED) is 0.387. The number of terminal acetylenes is 1. The van der Waals surface area contributed by atoms with Gasteiger partial charge in [-0.1, -0.05) is 12.0 Å². The number of aromatic nitrogens is 2. The number of hydrogen-bond donors (Lipinski definition) is 1. The van der Waals surface area contributed by atoms with Gasteiger partial charge in [-0.2, -0.15) is 4.98 Å². The summed E-state index contributed by atoms with van der Waals surface area (Å²) in [6.07, 6.45) is 6.31. The lowest BCUT2D eigenvalue weighted by Crippen LogP contribution is -2.33. The number of carbonyl (C=O) groups excluding carboxylic acids is 1. The number of nitrogens with one attached hydrogen (secondary N) is 1. The van der Waals surface area contributed by atoms with Crippen LogP contribution in [0.25, 0.3) is 0 Å². The third kappa shape index (κ3) is 6.49. The van der Waals surface area contributed by atoms with E-state index >= 15 is 0 Å². The Labute approximate surface area is 222 Å². The van der Waals surface area contributed by atoms with E-state index in [-0.39, 0.29) is 28.7 Å². The van der Waals surface area contributed by atoms with Crippen LogP contribution in [0.3, 0.4) is 0 Å². The number of benzene rings is 2. The Morgan fingerprint density at radius 2 is 1.84 bits per heavy atom. The molecule has 1 radical (unpaired) electrons. The largest absolute Gasteiger partial charge is 0.414 e. The number of ether oxygens (including phenoxy) is 1. The Morgan fingerprint density at radius 1 is 1.16 bits per heavy atom. The minimum absolute atomic E-state index is 0.0623. The number of rotatable bonds is 10. The number of amides is 1. The van der Waals surface area contributed by atoms with Crippen LogP contribution in [0.15, 0.2) is 53.6 Å². The lowest BCUT2D eigenvalue weighted by atomic mass is 10.3. The number of halogens is 1. The van der Waals surface area contributed by atoms with Crippen LogP contribution in [-0.2, 0) is 10.0 Å². The first kappa shape index (κ1) is 28.2. The summed E-state index contributed by atoms with van der Waals surface area (Å²) in [4.78, 5) is 23.9. The Morgan fingerprint density at radius 3 is 2.45 bits per heavy atom. The van der Waals surface area contributed by atoms with Gasteiger partial charge in [-0.05, 0) is 50.2 Å². The van der Waals surface area contributed by atoms with E-state index in [9.17, 15) is 17.6 Å². The molecule has 0 saturated carbocycles. The van der Waals surface area contributed by atoms with E-state index in [1.807, 2.05) is 18.7 Å². The van der Waals surface area contributed by atoms with Crippen LogP contribution in [0, 0.1) is 24.2 Å². The average molecular weight is 540 g/mol. The zero-order valence-electron chi connectivity index (χ0n) is 21.5. The summed E-state index contributed by atoms with van der Waals surface area (Å²) in [6, 6.07) is 12.2. The van der Waals surface area contributed by atoms with Gasteiger partial charge in [-0.15, -0.1) is 6.42 Å². The minimum atomic E-state index is -4.22. The maximum atomic E-state index is 13.6. The highest BCUT2D eigenvalue weighted by atomic mass is 32.2. The SMILES string of the molecule is C#CCN(c1cnc(N(CC)CC)nc1Nc1[c]c(OC(=O)N(C)C)ccc1)S(=O)(=O)c1ccc(F)cc1. The van der Waals surface area contributed by atoms with E-state index in [4.69, 9.17) is 11.2 Å². The zero-order chi connectivity index (χ0) is 27.9. The molecule has 0 bridgehead atoms. The third-order valence-electron chi connectivity index (χ3n) is 5.29. The van der Waals surface area contributed by atoms with E-state index in [0.29, 0.717) is 24.7 Å². The van der Waals surface area contributed by atoms with Crippen LogP contribution >= 0.6 is 0 Å². The fourth-order valence-electron chi connectivity index (χ4n) is 3.31. The van der Waals surface area contributed by atoms with Gasteiger partial charge in [-0.25, -0.2) is 26.9 Å². The lowest BCUT2D eigenvalue weighted by molar-refractivity contribution is 0.172. The second kappa shape index (κ2) is 12.2. The van der Waals surface area contributed by atoms with Crippen molar-refractivity contribution in [2.24, 2.45) is 0 Å². The fraction of sp³-hybridized carbons (Fsp3) is 0.269. The molecular weight excluding hydrogens is 511 g/mol. The van der Waals surface area contributed by atoms with E-state index in [2.05, 4.69) is 27.3 Å². The summed E-state index contributed by atoms with van der Waals surface area (Å²) >= 11 is 0. The summed E-state index contributed by atoms with van der Waals surface area (Å²) in [5, 5.41) is 3.06. The molecule has 2 aromatic carbocycles. The molecule has 199 valence electrons. The maximum Gasteiger partial charge on any atom is 0.414 e. The number of anilines is 4. The third-order valence-corrected chi connectivity index (χ3v) is 7.07. The normalized spacial score (nSPS) is 10.8. The highest BCUT2D eigenvalue weighted by Crippen LogP contribution is 2.33. The van der Waals surface area contributed by atoms with Crippen molar-refractivity contribution in [1.82, 2.24) is 14.9 Å². The van der Waals surface area contributed by atoms with Crippen molar-refractivity contribution < 1.29 is 22.3 Å². The molecule has 1 amide bonds. The minimum Gasteiger partial charge on any atom is -0.409 e. The molecular formula is C26H28FN6O4S. The Hall–Kier alpha value is -4.37. The van der Waals surface area contributed by atoms with Crippen molar-refractivity contribution in [1.29, 1.82) is 0 Å². The molecule has 38 heavy (non-hydrogen) atoms. The first-order chi connectivity index (χ1) is 18.1. The summed E-state index contributed by atoms with van der Waals surface area (Å²) in [6.45, 7) is 4.76. The van der Waals surface area contributed by atoms with Crippen molar-refractivity contribution in [3.05, 3.63) is 60.5 Å². The molecule has 0 atom stereocenters. The molecule has 0 spiro atoms. The number of hydrogen-bond acceptors (Lipinski definition) is 8. The summed E-state index contributed by atoms with van der Waals surface area (Å²) in [5.41, 5.74) is 0.409. The molecule has 10 nitrogen and oxygen atoms in total. The maximum absolute atomic E-state index is 13.6. The molecule has 12 heteroatoms. The Balaban J connectivity index is 2.11. The van der Waals surface area contributed by atoms with Crippen LogP contribution in [0.1, 0.15) is 13.8 Å². The average Bonchev–Trinajstić information content (AvgIpc) is 2.89. The van der Waals surface area contributed by atoms with Gasteiger partial charge in [-0.3, -0.25) is 0 Å². The number of sulfonamides is 1. The van der Waals surface area contributed by atoms with Crippen LogP contribution in [-0.4, -0.2) is 63.1 Å². The standard InChI is InChI=1S/C26H28FN6O4S/c1-6-16-33(38(35,36)22-14-12-19(27)13-15-22)23-18-28-25(32(7-2)8-3)30-24(23)29-20-10-9-11-21(17-20)37-26(34)31(4)5/h1,9-15,18H,7-8,16H2,2-5H3,(H,28,29,30). The zero-order valence-corrected chi connectivity index (χ0v) is 22.3. The van der Waals surface area contributed by atoms with Gasteiger partial charge in [0.25, 0.3) is 10.0 Å². The molecule has 1 N–H and O–H groups in total. The number of carbonyl (C=O) groups is 1. The van der Waals surface area contributed by atoms with Crippen molar-refractivity contribution in [3.63, 3.8) is 0 Å². The van der Waals surface area contributed by atoms with Gasteiger partial charge in [0, 0.05) is 27.2 Å². The lowest BCUT2D eigenvalue weighted by Gasteiger charge is -2.26. The monoisotopic (exact) mass is 539 g/mol. The van der Waals surface area contributed by atoms with Gasteiger partial charge in [0.2, 0.25) is 5.95 Å². The van der Waals surface area contributed by atoms with E-state index < -0.39 is 21.9 Å². The summed E-state index contributed by atoms with van der Waals surface area (Å²) < 4.78 is 46.8. The first-order valence-corrected chi connectivity index (χ1v) is 13.1. The molecule has 0 unspecified atom stereocenters. The van der Waals surface area contributed by atoms with Gasteiger partial charge in [0.05, 0.1) is 29.4 Å². The van der Waals surface area contributed by atoms with Gasteiger partial charge >= 0.3 is 6.09 Å². The van der Waals surface area contributed by atoms with Gasteiger partial charge < -0.3 is 19.9 Å². The van der Waals surface area contributed by atoms with E-state index in [1.165, 1.54) is 11.1 Å². The topological polar surface area (TPSA) is 108 Å². The van der Waals surface area contributed by atoms with Crippen molar-refractivity contribution in [2.45, 2.75) is 18.7 Å². The molecule has 0 aliphatic heterocycles. The molecule has 0 aliphatic rings. The van der Waals surface area contributed by atoms with Gasteiger partial charge in [0.15, 0.2) is 5.82 Å². The van der Waals surface area contributed by atoms with Crippen molar-refractivity contribution in [3.8, 4) is 18.1 Å². The predicted octanol–water partition coefficient (Wildman–Crippen LogP) is 3.89. The van der Waals surface area contributed by atoms with Crippen LogP contribution in [0.5, 0.6) is 5.75 Å². The van der Waals surface area contributed by atoms with Crippen LogP contribution in [0.2, 0.25) is 0 Å². The molecule has 0 fully saturated rings. The summed E-state index contributed by atoms with van der Waals surface area (Å²) in [7, 11) is -1.12. The predicted molar refractivity (Wildman–Crippen MR) is 144 cm³/mol. The molecule has 1 aromatic heterocycles. The first-order valence-electron chi connectivity index (χ1n) is 11.6. The van der Waals surface area contributed by atoms with Gasteiger partial charge in [0.1, 0.15) is 17.3 Å². The second-order valence-corrected chi connectivity index (χ2v) is 9.92. The van der Waals surface area contributed by atoms with Crippen LogP contribution in [0.4, 0.5) is 32.3 Å². The van der Waals surface area contributed by atoms with Crippen LogP contribution < -0.4 is 19.3 Å². The highest BCUT2D eigenvalue weighted by molar-refractivity contribution is 7.92. The Kier molecular flexibility index (Phi) is 9.09. The Bertz CT molecular complexity index is 1420. The fourth-order valence-corrected chi connectivity index (χ4v) is 4.68. The highest BCUT2D eigenvalue weighted by Gasteiger charge is 2.28. The van der Waals surface area contributed by atoms with Crippen molar-refractivity contribution in [2.75, 3.05) is 48.3 Å². The van der Waals surface area contributed by atoms with E-state index in [0.717, 1.165) is 28.6 Å². The van der Waals surface area contributed by atoms with Crippen molar-refractivity contribution >= 4 is 39.3 Å². The molecule has 3 rings (SSSR count).